The van der Waals surface area contributed by atoms with Crippen LogP contribution in [0.15, 0.2) is 18.2 Å². The third-order valence-corrected chi connectivity index (χ3v) is 3.08. The van der Waals surface area contributed by atoms with Crippen LogP contribution < -0.4 is 10.2 Å². The van der Waals surface area contributed by atoms with Gasteiger partial charge in [-0.05, 0) is 37.0 Å². The maximum absolute atomic E-state index is 13.2. The van der Waals surface area contributed by atoms with Gasteiger partial charge in [0.15, 0.2) is 0 Å². The van der Waals surface area contributed by atoms with E-state index in [1.165, 1.54) is 25.0 Å². The molecule has 1 heterocycles. The third kappa shape index (κ3) is 1.75. The first kappa shape index (κ1) is 9.63. The second-order valence-electron chi connectivity index (χ2n) is 4.53. The molecule has 1 aromatic rings. The van der Waals surface area contributed by atoms with E-state index >= 15 is 0 Å². The molecule has 1 saturated carbocycles. The van der Waals surface area contributed by atoms with E-state index < -0.39 is 0 Å². The maximum Gasteiger partial charge on any atom is 0.243 e. The van der Waals surface area contributed by atoms with Crippen molar-refractivity contribution in [3.05, 3.63) is 24.0 Å². The predicted octanol–water partition coefficient (Wildman–Crippen LogP) is 1.99. The first-order valence-corrected chi connectivity index (χ1v) is 5.57. The minimum atomic E-state index is -0.254. The summed E-state index contributed by atoms with van der Waals surface area (Å²) in [7, 11) is 0. The summed E-state index contributed by atoms with van der Waals surface area (Å²) in [4.78, 5) is 13.5. The minimum Gasteiger partial charge on any atom is -0.360 e. The van der Waals surface area contributed by atoms with E-state index in [1.54, 1.807) is 6.07 Å². The summed E-state index contributed by atoms with van der Waals surface area (Å²) in [5, 5.41) is 2.76. The van der Waals surface area contributed by atoms with Crippen LogP contribution in [-0.2, 0) is 4.79 Å². The molecule has 1 aliphatic carbocycles. The number of hydrogen-bond acceptors (Lipinski definition) is 2. The van der Waals surface area contributed by atoms with Crippen LogP contribution in [0.5, 0.6) is 0 Å². The molecular weight excluding hydrogens is 207 g/mol. The molecule has 16 heavy (non-hydrogen) atoms. The van der Waals surface area contributed by atoms with E-state index in [1.807, 2.05) is 4.90 Å². The first-order chi connectivity index (χ1) is 7.72. The van der Waals surface area contributed by atoms with Crippen molar-refractivity contribution in [1.82, 2.24) is 0 Å². The Labute approximate surface area is 93.2 Å². The highest BCUT2D eigenvalue weighted by Crippen LogP contribution is 2.35. The lowest BCUT2D eigenvalue weighted by Gasteiger charge is -2.30. The molecule has 3 nitrogen and oxygen atoms in total. The molecule has 1 N–H and O–H groups in total. The van der Waals surface area contributed by atoms with Crippen molar-refractivity contribution in [3.63, 3.8) is 0 Å². The largest absolute Gasteiger partial charge is 0.360 e. The number of halogens is 1. The average Bonchev–Trinajstić information content (AvgIpc) is 3.03. The van der Waals surface area contributed by atoms with E-state index in [0.717, 1.165) is 17.9 Å². The summed E-state index contributed by atoms with van der Waals surface area (Å²) in [6, 6.07) is 4.50. The van der Waals surface area contributed by atoms with Gasteiger partial charge < -0.3 is 10.2 Å². The highest BCUT2D eigenvalue weighted by atomic mass is 19.1. The number of amides is 1. The van der Waals surface area contributed by atoms with Crippen LogP contribution in [0.1, 0.15) is 12.8 Å². The van der Waals surface area contributed by atoms with Gasteiger partial charge in [-0.15, -0.1) is 0 Å². The van der Waals surface area contributed by atoms with Crippen molar-refractivity contribution in [3.8, 4) is 0 Å². The van der Waals surface area contributed by atoms with E-state index in [4.69, 9.17) is 0 Å². The number of hydrogen-bond donors (Lipinski definition) is 1. The molecule has 0 spiro atoms. The van der Waals surface area contributed by atoms with Gasteiger partial charge in [0.25, 0.3) is 0 Å². The van der Waals surface area contributed by atoms with Gasteiger partial charge >= 0.3 is 0 Å². The molecule has 84 valence electrons. The molecule has 4 heteroatoms. The van der Waals surface area contributed by atoms with Crippen molar-refractivity contribution in [2.75, 3.05) is 23.3 Å². The van der Waals surface area contributed by atoms with E-state index in [0.29, 0.717) is 12.5 Å². The fourth-order valence-electron chi connectivity index (χ4n) is 2.10. The normalized spacial score (nSPS) is 19.3. The number of carbonyl (C=O) groups is 1. The fourth-order valence-corrected chi connectivity index (χ4v) is 2.10. The highest BCUT2D eigenvalue weighted by Gasteiger charge is 2.29. The van der Waals surface area contributed by atoms with Gasteiger partial charge in [0, 0.05) is 6.54 Å². The Balaban J connectivity index is 1.94. The quantitative estimate of drug-likeness (QED) is 0.826. The van der Waals surface area contributed by atoms with Crippen LogP contribution in [0, 0.1) is 11.7 Å². The van der Waals surface area contributed by atoms with Gasteiger partial charge in [-0.2, -0.15) is 0 Å². The first-order valence-electron chi connectivity index (χ1n) is 5.57. The number of benzene rings is 1. The van der Waals surface area contributed by atoms with Gasteiger partial charge in [-0.1, -0.05) is 0 Å². The van der Waals surface area contributed by atoms with Crippen molar-refractivity contribution in [2.45, 2.75) is 12.8 Å². The summed E-state index contributed by atoms with van der Waals surface area (Å²) >= 11 is 0. The number of fused-ring (bicyclic) bond motifs is 1. The summed E-state index contributed by atoms with van der Waals surface area (Å²) in [6.45, 7) is 1.21. The molecule has 2 aliphatic rings. The monoisotopic (exact) mass is 220 g/mol. The van der Waals surface area contributed by atoms with E-state index in [9.17, 15) is 9.18 Å². The Hall–Kier alpha value is -1.58. The lowest BCUT2D eigenvalue weighted by molar-refractivity contribution is -0.115. The summed E-state index contributed by atoms with van der Waals surface area (Å²) in [6.07, 6.45) is 2.45. The van der Waals surface area contributed by atoms with Crippen molar-refractivity contribution in [2.24, 2.45) is 5.92 Å². The molecule has 0 saturated heterocycles. The topological polar surface area (TPSA) is 32.3 Å². The molecule has 0 bridgehead atoms. The van der Waals surface area contributed by atoms with Crippen molar-refractivity contribution in [1.29, 1.82) is 0 Å². The number of carbonyl (C=O) groups excluding carboxylic acids is 1. The van der Waals surface area contributed by atoms with Crippen LogP contribution in [0.4, 0.5) is 15.8 Å². The molecule has 0 aromatic heterocycles. The number of rotatable bonds is 2. The summed E-state index contributed by atoms with van der Waals surface area (Å²) < 4.78 is 13.2. The van der Waals surface area contributed by atoms with Crippen LogP contribution in [-0.4, -0.2) is 19.0 Å². The summed E-state index contributed by atoms with van der Waals surface area (Å²) in [5.74, 6) is 0.414. The zero-order valence-corrected chi connectivity index (χ0v) is 8.87. The highest BCUT2D eigenvalue weighted by molar-refractivity contribution is 6.01. The summed E-state index contributed by atoms with van der Waals surface area (Å²) in [5.41, 5.74) is 1.53. The van der Waals surface area contributed by atoms with Crippen LogP contribution in [0.2, 0.25) is 0 Å². The predicted molar refractivity (Wildman–Crippen MR) is 60.0 cm³/mol. The Kier molecular flexibility index (Phi) is 2.09. The minimum absolute atomic E-state index is 0.0141. The lowest BCUT2D eigenvalue weighted by Crippen LogP contribution is -2.39. The van der Waals surface area contributed by atoms with Gasteiger partial charge in [0.05, 0.1) is 17.9 Å². The molecule has 0 atom stereocenters. The zero-order valence-electron chi connectivity index (χ0n) is 8.87. The van der Waals surface area contributed by atoms with Gasteiger partial charge in [-0.25, -0.2) is 4.39 Å². The number of nitrogens with zero attached hydrogens (tertiary/aromatic N) is 1. The van der Waals surface area contributed by atoms with Gasteiger partial charge in [-0.3, -0.25) is 4.79 Å². The smallest absolute Gasteiger partial charge is 0.243 e. The van der Waals surface area contributed by atoms with Crippen LogP contribution >= 0.6 is 0 Å². The lowest BCUT2D eigenvalue weighted by atomic mass is 10.1. The Morgan fingerprint density at radius 2 is 2.25 bits per heavy atom. The SMILES string of the molecule is O=C1CN(CC2CC2)c2cc(F)ccc2N1. The van der Waals surface area contributed by atoms with Crippen LogP contribution in [0.25, 0.3) is 0 Å². The van der Waals surface area contributed by atoms with Crippen molar-refractivity contribution >= 4 is 17.3 Å². The molecule has 1 aliphatic heterocycles. The second-order valence-corrected chi connectivity index (χ2v) is 4.53. The Morgan fingerprint density at radius 1 is 1.44 bits per heavy atom. The van der Waals surface area contributed by atoms with Crippen molar-refractivity contribution < 1.29 is 9.18 Å². The number of nitrogens with one attached hydrogen (secondary N) is 1. The number of anilines is 2. The third-order valence-electron chi connectivity index (χ3n) is 3.08. The maximum atomic E-state index is 13.2. The molecule has 1 aromatic carbocycles. The zero-order chi connectivity index (χ0) is 11.1. The standard InChI is InChI=1S/C12H13FN2O/c13-9-3-4-10-11(5-9)15(6-8-1-2-8)7-12(16)14-10/h3-5,8H,1-2,6-7H2,(H,14,16). The molecule has 3 rings (SSSR count). The Bertz CT molecular complexity index is 443. The van der Waals surface area contributed by atoms with Gasteiger partial charge in [0.2, 0.25) is 5.91 Å². The molecule has 0 unspecified atom stereocenters. The van der Waals surface area contributed by atoms with Gasteiger partial charge in [0.1, 0.15) is 5.82 Å². The fraction of sp³-hybridized carbons (Fsp3) is 0.417. The van der Waals surface area contributed by atoms with E-state index in [-0.39, 0.29) is 11.7 Å². The molecule has 0 radical (unpaired) electrons. The van der Waals surface area contributed by atoms with Crippen LogP contribution in [0.3, 0.4) is 0 Å². The molecule has 1 amide bonds. The Morgan fingerprint density at radius 3 is 3.00 bits per heavy atom. The molecular formula is C12H13FN2O. The molecule has 1 fully saturated rings. The van der Waals surface area contributed by atoms with E-state index in [2.05, 4.69) is 5.32 Å². The second kappa shape index (κ2) is 3.47. The average molecular weight is 220 g/mol.